The predicted molar refractivity (Wildman–Crippen MR) is 134 cm³/mol. The normalized spacial score (nSPS) is 13.9. The van der Waals surface area contributed by atoms with Crippen LogP contribution in [-0.4, -0.2) is 35.7 Å². The SMILES string of the molecule is CCC[C@H](NC(=O)OCC1c2ccccc2-c2ccccc21)C(=O)NC(CC(=O)O)c1cccs1. The number of alkyl carbamates (subject to hydrolysis) is 1. The van der Waals surface area contributed by atoms with E-state index < -0.39 is 30.1 Å². The predicted octanol–water partition coefficient (Wildman–Crippen LogP) is 5.09. The molecule has 0 fully saturated rings. The van der Waals surface area contributed by atoms with Gasteiger partial charge in [-0.3, -0.25) is 9.59 Å². The fourth-order valence-electron chi connectivity index (χ4n) is 4.50. The number of ether oxygens (including phenoxy) is 1. The first-order chi connectivity index (χ1) is 17.0. The molecule has 7 nitrogen and oxygen atoms in total. The van der Waals surface area contributed by atoms with E-state index in [0.717, 1.165) is 27.1 Å². The Kier molecular flexibility index (Phi) is 7.82. The topological polar surface area (TPSA) is 105 Å². The molecule has 1 aliphatic carbocycles. The standard InChI is InChI=1S/C27H28N2O5S/c1-2-8-22(26(32)28-23(15-25(30)31)24-13-7-14-35-24)29-27(33)34-16-21-19-11-5-3-9-17(19)18-10-4-6-12-20(18)21/h3-7,9-14,21-23H,2,8,15-16H2,1H3,(H,28,32)(H,29,33)(H,30,31)/t22-,23?/m0/s1. The van der Waals surface area contributed by atoms with Crippen molar-refractivity contribution < 1.29 is 24.2 Å². The summed E-state index contributed by atoms with van der Waals surface area (Å²) in [6.45, 7) is 2.06. The second-order valence-corrected chi connectivity index (χ2v) is 9.46. The van der Waals surface area contributed by atoms with Crippen LogP contribution in [0.4, 0.5) is 4.79 Å². The lowest BCUT2D eigenvalue weighted by molar-refractivity contribution is -0.137. The van der Waals surface area contributed by atoms with Crippen LogP contribution in [0.1, 0.15) is 54.1 Å². The number of aliphatic carboxylic acids is 1. The van der Waals surface area contributed by atoms with Crippen LogP contribution in [0.3, 0.4) is 0 Å². The first-order valence-corrected chi connectivity index (χ1v) is 12.5. The molecule has 0 saturated carbocycles. The fourth-order valence-corrected chi connectivity index (χ4v) is 5.28. The zero-order valence-corrected chi connectivity index (χ0v) is 20.2. The summed E-state index contributed by atoms with van der Waals surface area (Å²) in [5.41, 5.74) is 4.49. The van der Waals surface area contributed by atoms with Gasteiger partial charge in [0.25, 0.3) is 0 Å². The lowest BCUT2D eigenvalue weighted by Gasteiger charge is -2.22. The third-order valence-electron chi connectivity index (χ3n) is 6.11. The van der Waals surface area contributed by atoms with Gasteiger partial charge in [0.2, 0.25) is 5.91 Å². The van der Waals surface area contributed by atoms with E-state index in [0.29, 0.717) is 12.8 Å². The summed E-state index contributed by atoms with van der Waals surface area (Å²) in [6, 6.07) is 18.3. The molecule has 0 radical (unpaired) electrons. The highest BCUT2D eigenvalue weighted by atomic mass is 32.1. The third kappa shape index (κ3) is 5.71. The van der Waals surface area contributed by atoms with Crippen LogP contribution in [-0.2, 0) is 14.3 Å². The lowest BCUT2D eigenvalue weighted by atomic mass is 9.98. The molecule has 2 aromatic carbocycles. The van der Waals surface area contributed by atoms with Crippen LogP contribution < -0.4 is 10.6 Å². The first kappa shape index (κ1) is 24.5. The van der Waals surface area contributed by atoms with Gasteiger partial charge in [-0.15, -0.1) is 11.3 Å². The van der Waals surface area contributed by atoms with Gasteiger partial charge >= 0.3 is 12.1 Å². The monoisotopic (exact) mass is 492 g/mol. The van der Waals surface area contributed by atoms with Crippen molar-refractivity contribution >= 4 is 29.3 Å². The third-order valence-corrected chi connectivity index (χ3v) is 7.10. The zero-order chi connectivity index (χ0) is 24.8. The second kappa shape index (κ2) is 11.2. The molecule has 1 aromatic heterocycles. The molecule has 3 N–H and O–H groups in total. The van der Waals surface area contributed by atoms with Gasteiger partial charge < -0.3 is 20.5 Å². The lowest BCUT2D eigenvalue weighted by Crippen LogP contribution is -2.48. The number of benzene rings is 2. The number of fused-ring (bicyclic) bond motifs is 3. The average Bonchev–Trinajstić information content (AvgIpc) is 3.49. The molecule has 2 amide bonds. The quantitative estimate of drug-likeness (QED) is 0.366. The fraction of sp³-hybridized carbons (Fsp3) is 0.296. The number of rotatable bonds is 10. The molecule has 2 atom stereocenters. The van der Waals surface area contributed by atoms with Crippen molar-refractivity contribution in [3.63, 3.8) is 0 Å². The first-order valence-electron chi connectivity index (χ1n) is 11.6. The van der Waals surface area contributed by atoms with Gasteiger partial charge in [0.15, 0.2) is 0 Å². The van der Waals surface area contributed by atoms with Crippen molar-refractivity contribution in [1.82, 2.24) is 10.6 Å². The van der Waals surface area contributed by atoms with Crippen LogP contribution in [0.2, 0.25) is 0 Å². The Morgan fingerprint density at radius 3 is 2.20 bits per heavy atom. The minimum atomic E-state index is -1.01. The molecule has 0 spiro atoms. The summed E-state index contributed by atoms with van der Waals surface area (Å²) in [5, 5.41) is 16.5. The number of carboxylic acid groups (broad SMARTS) is 1. The van der Waals surface area contributed by atoms with Gasteiger partial charge in [-0.2, -0.15) is 0 Å². The van der Waals surface area contributed by atoms with E-state index >= 15 is 0 Å². The molecule has 3 aromatic rings. The summed E-state index contributed by atoms with van der Waals surface area (Å²) >= 11 is 1.37. The summed E-state index contributed by atoms with van der Waals surface area (Å²) in [7, 11) is 0. The van der Waals surface area contributed by atoms with Gasteiger partial charge in [-0.1, -0.05) is 67.9 Å². The number of nitrogens with one attached hydrogen (secondary N) is 2. The Labute approximate surface area is 208 Å². The Morgan fingerprint density at radius 2 is 1.63 bits per heavy atom. The molecule has 0 aliphatic heterocycles. The molecule has 4 rings (SSSR count). The zero-order valence-electron chi connectivity index (χ0n) is 19.4. The molecule has 35 heavy (non-hydrogen) atoms. The van der Waals surface area contributed by atoms with E-state index in [1.807, 2.05) is 48.7 Å². The van der Waals surface area contributed by atoms with E-state index in [9.17, 15) is 19.5 Å². The van der Waals surface area contributed by atoms with Crippen molar-refractivity contribution in [1.29, 1.82) is 0 Å². The average molecular weight is 493 g/mol. The number of carbonyl (C=O) groups excluding carboxylic acids is 2. The Hall–Kier alpha value is -3.65. The number of carbonyl (C=O) groups is 3. The molecular formula is C27H28N2O5S. The Bertz CT molecular complexity index is 1150. The minimum absolute atomic E-state index is 0.0784. The minimum Gasteiger partial charge on any atom is -0.481 e. The highest BCUT2D eigenvalue weighted by Crippen LogP contribution is 2.44. The highest BCUT2D eigenvalue weighted by molar-refractivity contribution is 7.10. The van der Waals surface area contributed by atoms with Gasteiger partial charge in [0.1, 0.15) is 12.6 Å². The van der Waals surface area contributed by atoms with Crippen molar-refractivity contribution in [3.05, 3.63) is 82.0 Å². The maximum absolute atomic E-state index is 13.0. The van der Waals surface area contributed by atoms with Crippen LogP contribution in [0.15, 0.2) is 66.0 Å². The maximum atomic E-state index is 13.0. The summed E-state index contributed by atoms with van der Waals surface area (Å²) in [5.74, 6) is -1.52. The molecule has 1 heterocycles. The van der Waals surface area contributed by atoms with Gasteiger partial charge in [-0.05, 0) is 40.1 Å². The van der Waals surface area contributed by atoms with E-state index in [4.69, 9.17) is 4.74 Å². The van der Waals surface area contributed by atoms with Crippen LogP contribution in [0.25, 0.3) is 11.1 Å². The van der Waals surface area contributed by atoms with E-state index in [2.05, 4.69) is 22.8 Å². The summed E-state index contributed by atoms with van der Waals surface area (Å²) < 4.78 is 5.59. The molecule has 8 heteroatoms. The molecule has 1 unspecified atom stereocenters. The number of carboxylic acids is 1. The Balaban J connectivity index is 1.40. The number of hydrogen-bond donors (Lipinski definition) is 3. The van der Waals surface area contributed by atoms with Crippen molar-refractivity contribution in [2.24, 2.45) is 0 Å². The van der Waals surface area contributed by atoms with E-state index in [1.165, 1.54) is 11.3 Å². The van der Waals surface area contributed by atoms with Crippen molar-refractivity contribution in [2.75, 3.05) is 6.61 Å². The Morgan fingerprint density at radius 1 is 0.971 bits per heavy atom. The van der Waals surface area contributed by atoms with Crippen LogP contribution >= 0.6 is 11.3 Å². The largest absolute Gasteiger partial charge is 0.481 e. The van der Waals surface area contributed by atoms with Gasteiger partial charge in [0, 0.05) is 10.8 Å². The molecule has 0 bridgehead atoms. The molecule has 0 saturated heterocycles. The number of hydrogen-bond acceptors (Lipinski definition) is 5. The van der Waals surface area contributed by atoms with Crippen molar-refractivity contribution in [2.45, 2.75) is 44.2 Å². The van der Waals surface area contributed by atoms with Crippen molar-refractivity contribution in [3.8, 4) is 11.1 Å². The summed E-state index contributed by atoms with van der Waals surface area (Å²) in [6.07, 6.45) is 0.145. The molecule has 182 valence electrons. The highest BCUT2D eigenvalue weighted by Gasteiger charge is 2.30. The second-order valence-electron chi connectivity index (χ2n) is 8.49. The van der Waals surface area contributed by atoms with E-state index in [1.54, 1.807) is 12.1 Å². The van der Waals surface area contributed by atoms with Crippen LogP contribution in [0.5, 0.6) is 0 Å². The maximum Gasteiger partial charge on any atom is 0.407 e. The number of thiophene rings is 1. The van der Waals surface area contributed by atoms with Crippen LogP contribution in [0, 0.1) is 0 Å². The molecular weight excluding hydrogens is 464 g/mol. The summed E-state index contributed by atoms with van der Waals surface area (Å²) in [4.78, 5) is 37.7. The molecule has 1 aliphatic rings. The smallest absolute Gasteiger partial charge is 0.407 e. The number of amides is 2. The van der Waals surface area contributed by atoms with Gasteiger partial charge in [0.05, 0.1) is 12.5 Å². The van der Waals surface area contributed by atoms with Gasteiger partial charge in [-0.25, -0.2) is 4.79 Å². The van der Waals surface area contributed by atoms with E-state index in [-0.39, 0.29) is 18.9 Å².